The summed E-state index contributed by atoms with van der Waals surface area (Å²) in [7, 11) is 0. The average molecular weight is 280 g/mol. The Balaban J connectivity index is 1.78. The molecule has 21 heavy (non-hydrogen) atoms. The van der Waals surface area contributed by atoms with E-state index in [1.807, 2.05) is 30.3 Å². The number of ether oxygens (including phenoxy) is 1. The van der Waals surface area contributed by atoms with E-state index in [0.717, 1.165) is 5.56 Å². The molecular weight excluding hydrogens is 268 g/mol. The third-order valence-corrected chi connectivity index (χ3v) is 3.01. The van der Waals surface area contributed by atoms with Crippen LogP contribution >= 0.6 is 0 Å². The molecule has 5 nitrogen and oxygen atoms in total. The summed E-state index contributed by atoms with van der Waals surface area (Å²) >= 11 is 0. The van der Waals surface area contributed by atoms with Crippen molar-refractivity contribution in [2.45, 2.75) is 6.61 Å². The molecule has 0 amide bonds. The molecule has 0 saturated heterocycles. The number of nitrogens with zero attached hydrogens (tertiary/aromatic N) is 2. The molecule has 2 heterocycles. The maximum atomic E-state index is 12.0. The van der Waals surface area contributed by atoms with Crippen molar-refractivity contribution in [2.75, 3.05) is 0 Å². The van der Waals surface area contributed by atoms with Gasteiger partial charge < -0.3 is 9.14 Å². The van der Waals surface area contributed by atoms with Crippen LogP contribution in [-0.2, 0) is 11.3 Å². The van der Waals surface area contributed by atoms with E-state index in [2.05, 4.69) is 4.98 Å². The zero-order chi connectivity index (χ0) is 14.7. The predicted octanol–water partition coefficient (Wildman–Crippen LogP) is 2.05. The first-order valence-electron chi connectivity index (χ1n) is 6.42. The number of hydrogen-bond donors (Lipinski definition) is 0. The van der Waals surface area contributed by atoms with Crippen molar-refractivity contribution < 1.29 is 9.53 Å². The van der Waals surface area contributed by atoms with Gasteiger partial charge in [-0.1, -0.05) is 30.3 Å². The van der Waals surface area contributed by atoms with E-state index in [1.165, 1.54) is 6.07 Å². The Bertz CT molecular complexity index is 841. The molecule has 0 aliphatic heterocycles. The molecule has 1 aromatic carbocycles. The summed E-state index contributed by atoms with van der Waals surface area (Å²) in [6, 6.07) is 14.0. The van der Waals surface area contributed by atoms with Crippen molar-refractivity contribution >= 4 is 11.6 Å². The van der Waals surface area contributed by atoms with Crippen molar-refractivity contribution in [2.24, 2.45) is 0 Å². The first kappa shape index (κ1) is 13.1. The summed E-state index contributed by atoms with van der Waals surface area (Å²) in [5, 5.41) is 0. The van der Waals surface area contributed by atoms with E-state index in [-0.39, 0.29) is 12.2 Å². The van der Waals surface area contributed by atoms with Crippen LogP contribution in [0.4, 0.5) is 0 Å². The molecule has 0 atom stereocenters. The summed E-state index contributed by atoms with van der Waals surface area (Å²) in [6.45, 7) is 0.222. The molecule has 0 N–H and O–H groups in total. The van der Waals surface area contributed by atoms with E-state index < -0.39 is 5.97 Å². The number of hydrogen-bond acceptors (Lipinski definition) is 4. The standard InChI is InChI=1S/C16H12N2O3/c19-15-8-9-18-10-13(6-7-14(18)17-15)16(20)21-11-12-4-2-1-3-5-12/h1-10H,11H2. The molecule has 0 aliphatic carbocycles. The topological polar surface area (TPSA) is 60.7 Å². The van der Waals surface area contributed by atoms with Crippen molar-refractivity contribution in [3.05, 3.63) is 82.4 Å². The lowest BCUT2D eigenvalue weighted by Crippen LogP contribution is -2.10. The van der Waals surface area contributed by atoms with Gasteiger partial charge in [0.25, 0.3) is 5.56 Å². The Kier molecular flexibility index (Phi) is 3.47. The quantitative estimate of drug-likeness (QED) is 0.689. The molecule has 0 bridgehead atoms. The fourth-order valence-corrected chi connectivity index (χ4v) is 1.95. The average Bonchev–Trinajstić information content (AvgIpc) is 2.53. The molecule has 0 saturated carbocycles. The highest BCUT2D eigenvalue weighted by Gasteiger charge is 2.08. The van der Waals surface area contributed by atoms with Gasteiger partial charge in [0, 0.05) is 18.5 Å². The number of aromatic nitrogens is 2. The highest BCUT2D eigenvalue weighted by molar-refractivity contribution is 5.89. The van der Waals surface area contributed by atoms with Crippen molar-refractivity contribution in [1.82, 2.24) is 9.38 Å². The molecule has 0 aliphatic rings. The van der Waals surface area contributed by atoms with Crippen LogP contribution in [0.15, 0.2) is 65.7 Å². The molecule has 0 spiro atoms. The van der Waals surface area contributed by atoms with Gasteiger partial charge >= 0.3 is 5.97 Å². The van der Waals surface area contributed by atoms with Crippen LogP contribution in [0, 0.1) is 0 Å². The number of benzene rings is 1. The van der Waals surface area contributed by atoms with Gasteiger partial charge in [0.05, 0.1) is 5.56 Å². The molecule has 0 fully saturated rings. The lowest BCUT2D eigenvalue weighted by Gasteiger charge is -2.06. The minimum atomic E-state index is -0.417. The first-order valence-corrected chi connectivity index (χ1v) is 6.42. The number of carbonyl (C=O) groups is 1. The van der Waals surface area contributed by atoms with Gasteiger partial charge in [0.2, 0.25) is 0 Å². The molecule has 3 aromatic rings. The van der Waals surface area contributed by atoms with Gasteiger partial charge in [0.15, 0.2) is 0 Å². The van der Waals surface area contributed by atoms with Gasteiger partial charge in [-0.15, -0.1) is 0 Å². The second-order valence-corrected chi connectivity index (χ2v) is 4.51. The third kappa shape index (κ3) is 2.97. The van der Waals surface area contributed by atoms with Gasteiger partial charge in [-0.05, 0) is 17.7 Å². The Morgan fingerprint density at radius 1 is 1.10 bits per heavy atom. The van der Waals surface area contributed by atoms with E-state index in [0.29, 0.717) is 11.2 Å². The molecule has 3 rings (SSSR count). The fourth-order valence-electron chi connectivity index (χ4n) is 1.95. The fraction of sp³-hybridized carbons (Fsp3) is 0.0625. The van der Waals surface area contributed by atoms with Crippen LogP contribution < -0.4 is 5.56 Å². The van der Waals surface area contributed by atoms with Crippen LogP contribution in [0.5, 0.6) is 0 Å². The number of rotatable bonds is 3. The summed E-state index contributed by atoms with van der Waals surface area (Å²) < 4.78 is 6.86. The Morgan fingerprint density at radius 3 is 2.71 bits per heavy atom. The molecular formula is C16H12N2O3. The first-order chi connectivity index (χ1) is 10.2. The second-order valence-electron chi connectivity index (χ2n) is 4.51. The minimum Gasteiger partial charge on any atom is -0.457 e. The van der Waals surface area contributed by atoms with Gasteiger partial charge in [-0.25, -0.2) is 4.79 Å². The van der Waals surface area contributed by atoms with Gasteiger partial charge in [-0.2, -0.15) is 4.98 Å². The van der Waals surface area contributed by atoms with Crippen LogP contribution in [0.3, 0.4) is 0 Å². The van der Waals surface area contributed by atoms with Crippen molar-refractivity contribution in [3.8, 4) is 0 Å². The van der Waals surface area contributed by atoms with E-state index >= 15 is 0 Å². The lowest BCUT2D eigenvalue weighted by molar-refractivity contribution is 0.0472. The SMILES string of the molecule is O=C(OCc1ccccc1)c1ccc2nc(=O)ccn2c1. The van der Waals surface area contributed by atoms with E-state index in [4.69, 9.17) is 4.74 Å². The smallest absolute Gasteiger partial charge is 0.339 e. The predicted molar refractivity (Wildman–Crippen MR) is 77.0 cm³/mol. The van der Waals surface area contributed by atoms with Crippen molar-refractivity contribution in [3.63, 3.8) is 0 Å². The zero-order valence-corrected chi connectivity index (χ0v) is 11.1. The molecule has 5 heteroatoms. The number of esters is 1. The van der Waals surface area contributed by atoms with Crippen LogP contribution in [0.2, 0.25) is 0 Å². The largest absolute Gasteiger partial charge is 0.457 e. The molecule has 0 unspecified atom stereocenters. The Labute approximate surface area is 120 Å². The van der Waals surface area contributed by atoms with Crippen LogP contribution in [0.25, 0.3) is 5.65 Å². The highest BCUT2D eigenvalue weighted by Crippen LogP contribution is 2.07. The molecule has 2 aromatic heterocycles. The Morgan fingerprint density at radius 2 is 1.90 bits per heavy atom. The van der Waals surface area contributed by atoms with Gasteiger partial charge in [-0.3, -0.25) is 4.79 Å². The number of pyridine rings is 1. The Hall–Kier alpha value is -2.95. The summed E-state index contributed by atoms with van der Waals surface area (Å²) in [6.07, 6.45) is 3.16. The number of carbonyl (C=O) groups excluding carboxylic acids is 1. The second kappa shape index (κ2) is 5.58. The summed E-state index contributed by atoms with van der Waals surface area (Å²) in [4.78, 5) is 27.0. The van der Waals surface area contributed by atoms with Crippen LogP contribution in [0.1, 0.15) is 15.9 Å². The maximum Gasteiger partial charge on any atom is 0.339 e. The normalized spacial score (nSPS) is 10.5. The summed E-state index contributed by atoms with van der Waals surface area (Å²) in [5.41, 5.74) is 1.51. The number of fused-ring (bicyclic) bond motifs is 1. The third-order valence-electron chi connectivity index (χ3n) is 3.01. The molecule has 0 radical (unpaired) electrons. The minimum absolute atomic E-state index is 0.222. The van der Waals surface area contributed by atoms with E-state index in [9.17, 15) is 9.59 Å². The van der Waals surface area contributed by atoms with Crippen molar-refractivity contribution in [1.29, 1.82) is 0 Å². The monoisotopic (exact) mass is 280 g/mol. The molecule has 104 valence electrons. The zero-order valence-electron chi connectivity index (χ0n) is 11.1. The van der Waals surface area contributed by atoms with Crippen LogP contribution in [-0.4, -0.2) is 15.4 Å². The maximum absolute atomic E-state index is 12.0. The highest BCUT2D eigenvalue weighted by atomic mass is 16.5. The summed E-state index contributed by atoms with van der Waals surface area (Å²) in [5.74, 6) is -0.417. The van der Waals surface area contributed by atoms with E-state index in [1.54, 1.807) is 28.9 Å². The van der Waals surface area contributed by atoms with Gasteiger partial charge in [0.1, 0.15) is 12.3 Å². The lowest BCUT2D eigenvalue weighted by atomic mass is 10.2.